The number of ether oxygens (including phenoxy) is 2. The monoisotopic (exact) mass is 270 g/mol. The SMILES string of the molecule is COc1cc(CCO)c(Cl)cc1OC1CCCC1. The van der Waals surface area contributed by atoms with Crippen molar-refractivity contribution in [1.82, 2.24) is 0 Å². The molecule has 0 amide bonds. The van der Waals surface area contributed by atoms with Crippen molar-refractivity contribution in [2.75, 3.05) is 13.7 Å². The van der Waals surface area contributed by atoms with Gasteiger partial charge >= 0.3 is 0 Å². The fourth-order valence-corrected chi connectivity index (χ4v) is 2.57. The molecule has 1 fully saturated rings. The molecule has 3 nitrogen and oxygen atoms in total. The number of aliphatic hydroxyl groups excluding tert-OH is 1. The van der Waals surface area contributed by atoms with Crippen molar-refractivity contribution >= 4 is 11.6 Å². The van der Waals surface area contributed by atoms with Crippen LogP contribution in [-0.2, 0) is 6.42 Å². The van der Waals surface area contributed by atoms with Crippen LogP contribution in [0.15, 0.2) is 12.1 Å². The van der Waals surface area contributed by atoms with Crippen LogP contribution in [-0.4, -0.2) is 24.9 Å². The van der Waals surface area contributed by atoms with Crippen LogP contribution in [0.1, 0.15) is 31.2 Å². The van der Waals surface area contributed by atoms with Gasteiger partial charge in [-0.05, 0) is 43.7 Å². The van der Waals surface area contributed by atoms with Gasteiger partial charge in [-0.15, -0.1) is 0 Å². The molecule has 1 N–H and O–H groups in total. The fourth-order valence-electron chi connectivity index (χ4n) is 2.33. The molecule has 0 heterocycles. The van der Waals surface area contributed by atoms with E-state index in [0.717, 1.165) is 18.4 Å². The highest BCUT2D eigenvalue weighted by Gasteiger charge is 2.19. The van der Waals surface area contributed by atoms with Crippen LogP contribution in [0.4, 0.5) is 0 Å². The molecule has 0 bridgehead atoms. The zero-order chi connectivity index (χ0) is 13.0. The van der Waals surface area contributed by atoms with E-state index in [1.807, 2.05) is 6.07 Å². The molecule has 100 valence electrons. The summed E-state index contributed by atoms with van der Waals surface area (Å²) >= 11 is 6.18. The minimum Gasteiger partial charge on any atom is -0.493 e. The maximum atomic E-state index is 8.98. The highest BCUT2D eigenvalue weighted by molar-refractivity contribution is 6.31. The Labute approximate surface area is 113 Å². The van der Waals surface area contributed by atoms with Crippen molar-refractivity contribution < 1.29 is 14.6 Å². The molecule has 0 saturated heterocycles. The standard InChI is InChI=1S/C14H19ClO3/c1-17-13-8-10(6-7-16)12(15)9-14(13)18-11-4-2-3-5-11/h8-9,11,16H,2-7H2,1H3. The van der Waals surface area contributed by atoms with E-state index in [2.05, 4.69) is 0 Å². The van der Waals surface area contributed by atoms with Gasteiger partial charge in [0.15, 0.2) is 11.5 Å². The lowest BCUT2D eigenvalue weighted by atomic mass is 10.1. The van der Waals surface area contributed by atoms with Crippen LogP contribution in [0.5, 0.6) is 11.5 Å². The second kappa shape index (κ2) is 6.30. The molecular weight excluding hydrogens is 252 g/mol. The molecule has 0 radical (unpaired) electrons. The predicted molar refractivity (Wildman–Crippen MR) is 71.7 cm³/mol. The smallest absolute Gasteiger partial charge is 0.163 e. The summed E-state index contributed by atoms with van der Waals surface area (Å²) in [5.41, 5.74) is 0.884. The Kier molecular flexibility index (Phi) is 4.72. The lowest BCUT2D eigenvalue weighted by molar-refractivity contribution is 0.200. The van der Waals surface area contributed by atoms with Gasteiger partial charge in [0, 0.05) is 17.7 Å². The quantitative estimate of drug-likeness (QED) is 0.893. The predicted octanol–water partition coefficient (Wildman–Crippen LogP) is 3.20. The van der Waals surface area contributed by atoms with Crippen LogP contribution in [0.25, 0.3) is 0 Å². The molecule has 4 heteroatoms. The lowest BCUT2D eigenvalue weighted by Gasteiger charge is -2.17. The largest absolute Gasteiger partial charge is 0.493 e. The van der Waals surface area contributed by atoms with Gasteiger partial charge in [0.2, 0.25) is 0 Å². The Bertz CT molecular complexity index is 400. The number of aliphatic hydroxyl groups is 1. The van der Waals surface area contributed by atoms with Gasteiger partial charge in [-0.2, -0.15) is 0 Å². The first-order valence-electron chi connectivity index (χ1n) is 6.38. The maximum Gasteiger partial charge on any atom is 0.163 e. The number of halogens is 1. The normalized spacial score (nSPS) is 15.9. The Balaban J connectivity index is 2.19. The first kappa shape index (κ1) is 13.5. The van der Waals surface area contributed by atoms with Gasteiger partial charge in [-0.3, -0.25) is 0 Å². The van der Waals surface area contributed by atoms with E-state index in [-0.39, 0.29) is 12.7 Å². The average molecular weight is 271 g/mol. The van der Waals surface area contributed by atoms with Gasteiger partial charge in [0.1, 0.15) is 0 Å². The number of hydrogen-bond donors (Lipinski definition) is 1. The fraction of sp³-hybridized carbons (Fsp3) is 0.571. The average Bonchev–Trinajstić information content (AvgIpc) is 2.85. The third-order valence-electron chi connectivity index (χ3n) is 3.31. The van der Waals surface area contributed by atoms with E-state index in [1.54, 1.807) is 13.2 Å². The van der Waals surface area contributed by atoms with E-state index >= 15 is 0 Å². The van der Waals surface area contributed by atoms with E-state index in [9.17, 15) is 0 Å². The van der Waals surface area contributed by atoms with Crippen molar-refractivity contribution in [2.45, 2.75) is 38.2 Å². The molecule has 0 aliphatic heterocycles. The Hall–Kier alpha value is -0.930. The van der Waals surface area contributed by atoms with Crippen LogP contribution >= 0.6 is 11.6 Å². The summed E-state index contributed by atoms with van der Waals surface area (Å²) in [6.45, 7) is 0.0751. The molecule has 0 aromatic heterocycles. The molecule has 1 aliphatic rings. The maximum absolute atomic E-state index is 8.98. The molecule has 1 saturated carbocycles. The highest BCUT2D eigenvalue weighted by atomic mass is 35.5. The summed E-state index contributed by atoms with van der Waals surface area (Å²) in [5.74, 6) is 1.39. The first-order chi connectivity index (χ1) is 8.74. The lowest BCUT2D eigenvalue weighted by Crippen LogP contribution is -2.11. The molecule has 0 atom stereocenters. The molecule has 1 aromatic carbocycles. The van der Waals surface area contributed by atoms with E-state index < -0.39 is 0 Å². The summed E-state index contributed by atoms with van der Waals surface area (Å²) in [6, 6.07) is 3.65. The van der Waals surface area contributed by atoms with Gasteiger partial charge < -0.3 is 14.6 Å². The molecule has 2 rings (SSSR count). The minimum absolute atomic E-state index is 0.0751. The van der Waals surface area contributed by atoms with E-state index in [0.29, 0.717) is 22.9 Å². The summed E-state index contributed by atoms with van der Waals surface area (Å²) in [4.78, 5) is 0. The highest BCUT2D eigenvalue weighted by Crippen LogP contribution is 2.36. The van der Waals surface area contributed by atoms with Crippen molar-refractivity contribution in [2.24, 2.45) is 0 Å². The third kappa shape index (κ3) is 3.09. The zero-order valence-corrected chi connectivity index (χ0v) is 11.4. The van der Waals surface area contributed by atoms with Crippen LogP contribution in [0.2, 0.25) is 5.02 Å². The Morgan fingerprint density at radius 1 is 1.28 bits per heavy atom. The zero-order valence-electron chi connectivity index (χ0n) is 10.6. The summed E-state index contributed by atoms with van der Waals surface area (Å²) in [5, 5.41) is 9.60. The number of rotatable bonds is 5. The third-order valence-corrected chi connectivity index (χ3v) is 3.66. The molecular formula is C14H19ClO3. The molecule has 18 heavy (non-hydrogen) atoms. The van der Waals surface area contributed by atoms with Crippen LogP contribution < -0.4 is 9.47 Å². The number of methoxy groups -OCH3 is 1. The van der Waals surface area contributed by atoms with Gasteiger partial charge in [0.25, 0.3) is 0 Å². The van der Waals surface area contributed by atoms with Crippen molar-refractivity contribution in [3.8, 4) is 11.5 Å². The van der Waals surface area contributed by atoms with Crippen molar-refractivity contribution in [3.05, 3.63) is 22.7 Å². The second-order valence-electron chi connectivity index (χ2n) is 4.59. The van der Waals surface area contributed by atoms with Crippen LogP contribution in [0, 0.1) is 0 Å². The Morgan fingerprint density at radius 3 is 2.61 bits per heavy atom. The van der Waals surface area contributed by atoms with E-state index in [1.165, 1.54) is 12.8 Å². The first-order valence-corrected chi connectivity index (χ1v) is 6.76. The van der Waals surface area contributed by atoms with Gasteiger partial charge in [-0.1, -0.05) is 11.6 Å². The molecule has 1 aliphatic carbocycles. The Morgan fingerprint density at radius 2 is 2.00 bits per heavy atom. The molecule has 1 aromatic rings. The summed E-state index contributed by atoms with van der Waals surface area (Å²) < 4.78 is 11.3. The minimum atomic E-state index is 0.0751. The van der Waals surface area contributed by atoms with Gasteiger partial charge in [-0.25, -0.2) is 0 Å². The molecule has 0 spiro atoms. The molecule has 0 unspecified atom stereocenters. The number of hydrogen-bond acceptors (Lipinski definition) is 3. The summed E-state index contributed by atoms with van der Waals surface area (Å²) in [6.07, 6.45) is 5.45. The topological polar surface area (TPSA) is 38.7 Å². The van der Waals surface area contributed by atoms with Crippen molar-refractivity contribution in [3.63, 3.8) is 0 Å². The number of benzene rings is 1. The van der Waals surface area contributed by atoms with E-state index in [4.69, 9.17) is 26.2 Å². The van der Waals surface area contributed by atoms with Gasteiger partial charge in [0.05, 0.1) is 13.2 Å². The second-order valence-corrected chi connectivity index (χ2v) is 5.00. The summed E-state index contributed by atoms with van der Waals surface area (Å²) in [7, 11) is 1.62. The van der Waals surface area contributed by atoms with Crippen molar-refractivity contribution in [1.29, 1.82) is 0 Å². The van der Waals surface area contributed by atoms with Crippen LogP contribution in [0.3, 0.4) is 0 Å².